The van der Waals surface area contributed by atoms with Crippen LogP contribution in [0.25, 0.3) is 0 Å². The van der Waals surface area contributed by atoms with E-state index in [1.54, 1.807) is 31.5 Å². The van der Waals surface area contributed by atoms with Gasteiger partial charge in [-0.1, -0.05) is 0 Å². The van der Waals surface area contributed by atoms with Crippen LogP contribution in [0.1, 0.15) is 18.3 Å². The Balaban J connectivity index is 2.13. The lowest BCUT2D eigenvalue weighted by Crippen LogP contribution is -2.05. The third kappa shape index (κ3) is 3.05. The van der Waals surface area contributed by atoms with E-state index in [0.29, 0.717) is 23.7 Å². The Labute approximate surface area is 112 Å². The predicted octanol–water partition coefficient (Wildman–Crippen LogP) is 2.36. The minimum Gasteiger partial charge on any atom is -0.497 e. The van der Waals surface area contributed by atoms with E-state index in [1.165, 1.54) is 0 Å². The molecule has 2 rings (SSSR count). The molecule has 0 aliphatic carbocycles. The number of aromatic nitrogens is 2. The average molecular weight is 257 g/mol. The standard InChI is InChI=1S/C14H15N3O2/c1-3-17-5-4-16-14(17)10-19-13-7-11(9-15)6-12(8-13)18-2/h4-8H,3,10H2,1-2H3. The van der Waals surface area contributed by atoms with Crippen LogP contribution in [-0.2, 0) is 13.2 Å². The lowest BCUT2D eigenvalue weighted by atomic mass is 10.2. The molecule has 2 aromatic rings. The lowest BCUT2D eigenvalue weighted by Gasteiger charge is -2.09. The second kappa shape index (κ2) is 5.91. The zero-order valence-corrected chi connectivity index (χ0v) is 11.0. The van der Waals surface area contributed by atoms with Gasteiger partial charge in [-0.05, 0) is 19.1 Å². The van der Waals surface area contributed by atoms with Crippen LogP contribution in [0.2, 0.25) is 0 Å². The van der Waals surface area contributed by atoms with Gasteiger partial charge >= 0.3 is 0 Å². The maximum Gasteiger partial charge on any atom is 0.146 e. The second-order valence-corrected chi connectivity index (χ2v) is 3.93. The van der Waals surface area contributed by atoms with Gasteiger partial charge in [0.15, 0.2) is 0 Å². The molecular formula is C14H15N3O2. The van der Waals surface area contributed by atoms with E-state index >= 15 is 0 Å². The van der Waals surface area contributed by atoms with E-state index in [0.717, 1.165) is 12.4 Å². The maximum absolute atomic E-state index is 8.94. The number of methoxy groups -OCH3 is 1. The molecule has 0 atom stereocenters. The molecule has 0 aliphatic heterocycles. The molecule has 0 fully saturated rings. The van der Waals surface area contributed by atoms with Gasteiger partial charge < -0.3 is 14.0 Å². The number of hydrogen-bond donors (Lipinski definition) is 0. The van der Waals surface area contributed by atoms with Gasteiger partial charge in [0.05, 0.1) is 18.7 Å². The molecule has 1 aromatic heterocycles. The van der Waals surface area contributed by atoms with Gasteiger partial charge in [-0.2, -0.15) is 5.26 Å². The van der Waals surface area contributed by atoms with Crippen LogP contribution in [0.3, 0.4) is 0 Å². The molecule has 0 amide bonds. The highest BCUT2D eigenvalue weighted by Crippen LogP contribution is 2.23. The Morgan fingerprint density at radius 2 is 2.11 bits per heavy atom. The lowest BCUT2D eigenvalue weighted by molar-refractivity contribution is 0.288. The fraction of sp³-hybridized carbons (Fsp3) is 0.286. The number of nitriles is 1. The summed E-state index contributed by atoms with van der Waals surface area (Å²) >= 11 is 0. The predicted molar refractivity (Wildman–Crippen MR) is 69.9 cm³/mol. The van der Waals surface area contributed by atoms with Crippen molar-refractivity contribution in [2.24, 2.45) is 0 Å². The highest BCUT2D eigenvalue weighted by molar-refractivity contribution is 5.43. The summed E-state index contributed by atoms with van der Waals surface area (Å²) in [5.74, 6) is 2.05. The van der Waals surface area contributed by atoms with E-state index in [2.05, 4.69) is 11.1 Å². The Bertz CT molecular complexity index is 599. The van der Waals surface area contributed by atoms with Gasteiger partial charge in [-0.25, -0.2) is 4.98 Å². The van der Waals surface area contributed by atoms with Crippen LogP contribution in [0.15, 0.2) is 30.6 Å². The minimum atomic E-state index is 0.360. The normalized spacial score (nSPS) is 9.95. The molecule has 5 heteroatoms. The second-order valence-electron chi connectivity index (χ2n) is 3.93. The first-order chi connectivity index (χ1) is 9.26. The third-order valence-electron chi connectivity index (χ3n) is 2.76. The molecule has 0 saturated carbocycles. The first kappa shape index (κ1) is 13.0. The molecule has 0 N–H and O–H groups in total. The summed E-state index contributed by atoms with van der Waals surface area (Å²) in [7, 11) is 1.56. The summed E-state index contributed by atoms with van der Waals surface area (Å²) in [5, 5.41) is 8.94. The van der Waals surface area contributed by atoms with Crippen molar-refractivity contribution < 1.29 is 9.47 Å². The van der Waals surface area contributed by atoms with Gasteiger partial charge in [-0.15, -0.1) is 0 Å². The largest absolute Gasteiger partial charge is 0.497 e. The smallest absolute Gasteiger partial charge is 0.146 e. The number of ether oxygens (including phenoxy) is 2. The van der Waals surface area contributed by atoms with Crippen LogP contribution in [0.5, 0.6) is 11.5 Å². The summed E-state index contributed by atoms with van der Waals surface area (Å²) in [4.78, 5) is 4.23. The Morgan fingerprint density at radius 3 is 2.79 bits per heavy atom. The molecule has 0 unspecified atom stereocenters. The van der Waals surface area contributed by atoms with Crippen molar-refractivity contribution in [3.05, 3.63) is 42.0 Å². The topological polar surface area (TPSA) is 60.1 Å². The molecule has 0 aliphatic rings. The summed E-state index contributed by atoms with van der Waals surface area (Å²) in [6.07, 6.45) is 3.65. The quantitative estimate of drug-likeness (QED) is 0.825. The number of imidazole rings is 1. The molecule has 0 bridgehead atoms. The van der Waals surface area contributed by atoms with E-state index in [-0.39, 0.29) is 0 Å². The van der Waals surface area contributed by atoms with Crippen molar-refractivity contribution in [3.63, 3.8) is 0 Å². The van der Waals surface area contributed by atoms with Crippen LogP contribution in [0.4, 0.5) is 0 Å². The highest BCUT2D eigenvalue weighted by Gasteiger charge is 2.05. The van der Waals surface area contributed by atoms with Gasteiger partial charge in [0.1, 0.15) is 23.9 Å². The van der Waals surface area contributed by atoms with Gasteiger partial charge in [-0.3, -0.25) is 0 Å². The number of hydrogen-bond acceptors (Lipinski definition) is 4. The molecule has 98 valence electrons. The fourth-order valence-electron chi connectivity index (χ4n) is 1.75. The maximum atomic E-state index is 8.94. The molecule has 5 nitrogen and oxygen atoms in total. The fourth-order valence-corrected chi connectivity index (χ4v) is 1.75. The molecule has 0 saturated heterocycles. The molecule has 0 spiro atoms. The van der Waals surface area contributed by atoms with Crippen molar-refractivity contribution in [2.45, 2.75) is 20.1 Å². The number of aryl methyl sites for hydroxylation is 1. The van der Waals surface area contributed by atoms with Crippen molar-refractivity contribution in [1.29, 1.82) is 5.26 Å². The summed E-state index contributed by atoms with van der Waals surface area (Å²) < 4.78 is 12.8. The van der Waals surface area contributed by atoms with Gasteiger partial charge in [0, 0.05) is 25.0 Å². The molecule has 1 aromatic carbocycles. The van der Waals surface area contributed by atoms with E-state index < -0.39 is 0 Å². The van der Waals surface area contributed by atoms with E-state index in [9.17, 15) is 0 Å². The number of rotatable bonds is 5. The van der Waals surface area contributed by atoms with Gasteiger partial charge in [0.25, 0.3) is 0 Å². The Kier molecular flexibility index (Phi) is 4.04. The molecule has 0 radical (unpaired) electrons. The number of nitrogens with zero attached hydrogens (tertiary/aromatic N) is 3. The van der Waals surface area contributed by atoms with Crippen LogP contribution >= 0.6 is 0 Å². The monoisotopic (exact) mass is 257 g/mol. The molecular weight excluding hydrogens is 242 g/mol. The first-order valence-electron chi connectivity index (χ1n) is 5.98. The van der Waals surface area contributed by atoms with Crippen molar-refractivity contribution in [1.82, 2.24) is 9.55 Å². The Morgan fingerprint density at radius 1 is 1.32 bits per heavy atom. The van der Waals surface area contributed by atoms with Crippen LogP contribution < -0.4 is 9.47 Å². The SMILES string of the molecule is CCn1ccnc1COc1cc(C#N)cc(OC)c1. The zero-order valence-electron chi connectivity index (χ0n) is 11.0. The third-order valence-corrected chi connectivity index (χ3v) is 2.76. The van der Waals surface area contributed by atoms with Crippen molar-refractivity contribution in [2.75, 3.05) is 7.11 Å². The highest BCUT2D eigenvalue weighted by atomic mass is 16.5. The van der Waals surface area contributed by atoms with E-state index in [4.69, 9.17) is 14.7 Å². The summed E-state index contributed by atoms with van der Waals surface area (Å²) in [6, 6.07) is 7.18. The van der Waals surface area contributed by atoms with Crippen LogP contribution in [0, 0.1) is 11.3 Å². The summed E-state index contributed by atoms with van der Waals surface area (Å²) in [5.41, 5.74) is 0.508. The minimum absolute atomic E-state index is 0.360. The Hall–Kier alpha value is -2.48. The first-order valence-corrected chi connectivity index (χ1v) is 5.98. The van der Waals surface area contributed by atoms with E-state index in [1.807, 2.05) is 17.7 Å². The zero-order chi connectivity index (χ0) is 13.7. The molecule has 1 heterocycles. The number of benzene rings is 1. The van der Waals surface area contributed by atoms with Gasteiger partial charge in [0.2, 0.25) is 0 Å². The van der Waals surface area contributed by atoms with Crippen molar-refractivity contribution in [3.8, 4) is 17.6 Å². The van der Waals surface area contributed by atoms with Crippen molar-refractivity contribution >= 4 is 0 Å². The molecule has 19 heavy (non-hydrogen) atoms. The summed E-state index contributed by atoms with van der Waals surface area (Å²) in [6.45, 7) is 3.25. The van der Waals surface area contributed by atoms with Crippen LogP contribution in [-0.4, -0.2) is 16.7 Å². The average Bonchev–Trinajstić information content (AvgIpc) is 2.92.